The summed E-state index contributed by atoms with van der Waals surface area (Å²) in [6.07, 6.45) is 20.8. The van der Waals surface area contributed by atoms with E-state index in [1.165, 1.54) is 164 Å². The molecule has 0 aliphatic rings. The number of nitrogens with zero attached hydrogens (tertiary/aromatic N) is 2. The molecule has 252 valence electrons. The summed E-state index contributed by atoms with van der Waals surface area (Å²) in [4.78, 5) is 9.34. The van der Waals surface area contributed by atoms with Gasteiger partial charge in [0, 0.05) is 0 Å². The van der Waals surface area contributed by atoms with E-state index in [1.54, 1.807) is 0 Å². The molecule has 0 amide bonds. The third-order valence-corrected chi connectivity index (χ3v) is 8.23. The normalized spacial score (nSPS) is 12.0. The number of carbonyl (C=O) groups excluding carboxylic acids is 1. The number of unbranched alkanes of at least 4 members (excludes halogenated alkanes) is 8. The van der Waals surface area contributed by atoms with Crippen LogP contribution in [0.2, 0.25) is 0 Å². The average molecular weight is 654 g/mol. The van der Waals surface area contributed by atoms with Crippen LogP contribution in [0.15, 0.2) is 0 Å². The summed E-state index contributed by atoms with van der Waals surface area (Å²) in [5.74, 6) is -1.44. The molecule has 0 rings (SSSR count). The summed E-state index contributed by atoms with van der Waals surface area (Å²) in [7, 11) is 0. The molecular formula is C35H77BrN2O3. The molecule has 0 aromatic rings. The van der Waals surface area contributed by atoms with Gasteiger partial charge in [-0.2, -0.15) is 0 Å². The molecule has 0 radical (unpaired) electrons. The lowest BCUT2D eigenvalue weighted by atomic mass is 10.1. The van der Waals surface area contributed by atoms with Gasteiger partial charge in [0.1, 0.15) is 0 Å². The molecule has 0 saturated carbocycles. The van der Waals surface area contributed by atoms with Crippen molar-refractivity contribution in [3.63, 3.8) is 0 Å². The summed E-state index contributed by atoms with van der Waals surface area (Å²) >= 11 is 0. The van der Waals surface area contributed by atoms with E-state index in [1.807, 2.05) is 0 Å². The number of carboxylic acids is 1. The van der Waals surface area contributed by atoms with Gasteiger partial charge < -0.3 is 41.0 Å². The highest BCUT2D eigenvalue weighted by molar-refractivity contribution is 5.68. The Morgan fingerprint density at radius 1 is 0.488 bits per heavy atom. The minimum absolute atomic E-state index is 0. The molecule has 1 unspecified atom stereocenters. The molecule has 0 aliphatic carbocycles. The molecule has 0 fully saturated rings. The van der Waals surface area contributed by atoms with Crippen LogP contribution in [0.25, 0.3) is 0 Å². The lowest BCUT2D eigenvalue weighted by molar-refractivity contribution is -0.929. The van der Waals surface area contributed by atoms with Crippen LogP contribution in [0, 0.1) is 0 Å². The van der Waals surface area contributed by atoms with Gasteiger partial charge in [0.15, 0.2) is 0 Å². The lowest BCUT2D eigenvalue weighted by Gasteiger charge is -2.39. The van der Waals surface area contributed by atoms with Crippen molar-refractivity contribution in [3.8, 4) is 0 Å². The molecule has 0 bridgehead atoms. The van der Waals surface area contributed by atoms with Crippen LogP contribution >= 0.6 is 0 Å². The molecule has 0 saturated heterocycles. The zero-order chi connectivity index (χ0) is 31.1. The van der Waals surface area contributed by atoms with E-state index in [0.717, 1.165) is 6.92 Å². The molecule has 0 aliphatic heterocycles. The highest BCUT2D eigenvalue weighted by Crippen LogP contribution is 2.17. The van der Waals surface area contributed by atoms with Crippen LogP contribution in [-0.2, 0) is 4.79 Å². The molecule has 0 spiro atoms. The summed E-state index contributed by atoms with van der Waals surface area (Å²) in [5.41, 5.74) is 0. The third kappa shape index (κ3) is 29.7. The number of carbonyl (C=O) groups is 1. The van der Waals surface area contributed by atoms with Crippen molar-refractivity contribution in [2.75, 3.05) is 52.4 Å². The minimum Gasteiger partial charge on any atom is -1.00 e. The van der Waals surface area contributed by atoms with Gasteiger partial charge in [-0.15, -0.1) is 0 Å². The van der Waals surface area contributed by atoms with Crippen LogP contribution in [0.1, 0.15) is 165 Å². The second kappa shape index (κ2) is 34.3. The molecule has 1 atom stereocenters. The molecule has 0 aromatic heterocycles. The van der Waals surface area contributed by atoms with Crippen LogP contribution in [0.4, 0.5) is 0 Å². The Bertz CT molecular complexity index is 407. The van der Waals surface area contributed by atoms with Gasteiger partial charge in [0.25, 0.3) is 0 Å². The number of aliphatic hydroxyl groups excluding tert-OH is 1. The maximum Gasteiger partial charge on any atom is 0.0905 e. The summed E-state index contributed by atoms with van der Waals surface area (Å²) in [6, 6.07) is 0. The zero-order valence-corrected chi connectivity index (χ0v) is 31.2. The Balaban J connectivity index is -0.000000273. The van der Waals surface area contributed by atoms with Gasteiger partial charge in [0.05, 0.1) is 64.4 Å². The number of aliphatic hydroxyl groups is 1. The summed E-state index contributed by atoms with van der Waals surface area (Å²) in [6.45, 7) is 31.2. The number of halogens is 1. The van der Waals surface area contributed by atoms with Crippen molar-refractivity contribution < 1.29 is 41.0 Å². The van der Waals surface area contributed by atoms with E-state index < -0.39 is 12.1 Å². The maximum absolute atomic E-state index is 9.34. The van der Waals surface area contributed by atoms with Gasteiger partial charge in [-0.1, -0.05) is 107 Å². The SMILES string of the molecule is CC(O)C(=O)[O-].CCCC[N+](CCCC)(CCCC)CCCC.CCCC[N+](CCCC)(CCCC)CCCC.[Br-]. The van der Waals surface area contributed by atoms with E-state index in [2.05, 4.69) is 55.4 Å². The molecule has 5 nitrogen and oxygen atoms in total. The predicted octanol–water partition coefficient (Wildman–Crippen LogP) is 5.13. The smallest absolute Gasteiger partial charge is 0.0905 e. The van der Waals surface area contributed by atoms with Gasteiger partial charge in [0.2, 0.25) is 0 Å². The first-order chi connectivity index (χ1) is 19.1. The van der Waals surface area contributed by atoms with Gasteiger partial charge >= 0.3 is 0 Å². The molecule has 41 heavy (non-hydrogen) atoms. The number of hydrogen-bond acceptors (Lipinski definition) is 3. The molecule has 6 heteroatoms. The van der Waals surface area contributed by atoms with Gasteiger partial charge in [-0.3, -0.25) is 0 Å². The van der Waals surface area contributed by atoms with E-state index in [-0.39, 0.29) is 17.0 Å². The maximum atomic E-state index is 9.34. The Hall–Kier alpha value is -0.170. The average Bonchev–Trinajstić information content (AvgIpc) is 2.96. The second-order valence-electron chi connectivity index (χ2n) is 12.3. The fraction of sp³-hybridized carbons (Fsp3) is 0.971. The van der Waals surface area contributed by atoms with Crippen molar-refractivity contribution >= 4 is 5.97 Å². The fourth-order valence-corrected chi connectivity index (χ4v) is 5.29. The topological polar surface area (TPSA) is 60.4 Å². The van der Waals surface area contributed by atoms with E-state index in [0.29, 0.717) is 0 Å². The van der Waals surface area contributed by atoms with E-state index in [9.17, 15) is 9.90 Å². The first-order valence-electron chi connectivity index (χ1n) is 17.7. The quantitative estimate of drug-likeness (QED) is 0.139. The lowest BCUT2D eigenvalue weighted by Crippen LogP contribution is -3.00. The highest BCUT2D eigenvalue weighted by Gasteiger charge is 2.25. The molecule has 0 heterocycles. The van der Waals surface area contributed by atoms with Crippen molar-refractivity contribution in [1.29, 1.82) is 0 Å². The molecule has 0 aromatic carbocycles. The Labute approximate surface area is 269 Å². The van der Waals surface area contributed by atoms with Crippen molar-refractivity contribution in [1.82, 2.24) is 0 Å². The summed E-state index contributed by atoms with van der Waals surface area (Å²) < 4.78 is 2.84. The van der Waals surface area contributed by atoms with Gasteiger partial charge in [-0.05, 0) is 58.3 Å². The highest BCUT2D eigenvalue weighted by atomic mass is 79.9. The monoisotopic (exact) mass is 653 g/mol. The van der Waals surface area contributed by atoms with Crippen molar-refractivity contribution in [2.45, 2.75) is 171 Å². The minimum atomic E-state index is -1.44. The number of quaternary nitrogens is 2. The number of aliphatic carboxylic acids is 1. The van der Waals surface area contributed by atoms with Gasteiger partial charge in [-0.25, -0.2) is 0 Å². The third-order valence-electron chi connectivity index (χ3n) is 8.23. The Kier molecular flexibility index (Phi) is 40.0. The van der Waals surface area contributed by atoms with E-state index >= 15 is 0 Å². The predicted molar refractivity (Wildman–Crippen MR) is 175 cm³/mol. The second-order valence-corrected chi connectivity index (χ2v) is 12.3. The van der Waals surface area contributed by atoms with Crippen LogP contribution in [0.3, 0.4) is 0 Å². The zero-order valence-electron chi connectivity index (χ0n) is 29.6. The molecule has 1 N–H and O–H groups in total. The number of rotatable bonds is 25. The first kappa shape index (κ1) is 47.8. The van der Waals surface area contributed by atoms with Crippen molar-refractivity contribution in [2.24, 2.45) is 0 Å². The fourth-order valence-electron chi connectivity index (χ4n) is 5.29. The molecular weight excluding hydrogens is 576 g/mol. The first-order valence-corrected chi connectivity index (χ1v) is 17.7. The van der Waals surface area contributed by atoms with E-state index in [4.69, 9.17) is 5.11 Å². The Morgan fingerprint density at radius 3 is 0.683 bits per heavy atom. The number of hydrogen-bond donors (Lipinski definition) is 1. The van der Waals surface area contributed by atoms with Crippen LogP contribution < -0.4 is 22.1 Å². The van der Waals surface area contributed by atoms with Crippen LogP contribution in [0.5, 0.6) is 0 Å². The standard InChI is InChI=1S/2C16H36N.C3H6O3.BrH/c2*1-5-9-13-17(14-10-6-2,15-11-7-3)16-12-8-4;1-2(4)3(5)6;/h2*5-16H2,1-4H3;2,4H,1H3,(H,5,6);1H/q2*+1;;/p-2. The number of carboxylic acid groups (broad SMARTS) is 1. The van der Waals surface area contributed by atoms with Crippen LogP contribution in [-0.4, -0.2) is 78.5 Å². The van der Waals surface area contributed by atoms with Crippen molar-refractivity contribution in [3.05, 3.63) is 0 Å². The Morgan fingerprint density at radius 2 is 0.610 bits per heavy atom. The largest absolute Gasteiger partial charge is 1.00 e. The summed E-state index contributed by atoms with van der Waals surface area (Å²) in [5, 5.41) is 17.3.